The molecule has 0 radical (unpaired) electrons. The van der Waals surface area contributed by atoms with Crippen molar-refractivity contribution in [1.82, 2.24) is 5.32 Å². The number of nitrogens with one attached hydrogen (secondary N) is 2. The van der Waals surface area contributed by atoms with Gasteiger partial charge in [-0.25, -0.2) is 4.79 Å². The first-order chi connectivity index (χ1) is 16.3. The summed E-state index contributed by atoms with van der Waals surface area (Å²) >= 11 is 0. The molecule has 0 unspecified atom stereocenters. The number of amides is 2. The van der Waals surface area contributed by atoms with E-state index in [9.17, 15) is 19.5 Å². The fourth-order valence-electron chi connectivity index (χ4n) is 3.97. The van der Waals surface area contributed by atoms with Crippen molar-refractivity contribution in [1.29, 1.82) is 0 Å². The number of aliphatic carboxylic acids is 1. The number of carboxylic acid groups (broad SMARTS) is 1. The summed E-state index contributed by atoms with van der Waals surface area (Å²) in [5, 5.41) is 14.5. The SMILES string of the molecule is CC(C)(CNC(=O)c1cccc(NC(=O)OCC2c3ccccc3-c3ccccc32)c1)C(=O)O. The highest BCUT2D eigenvalue weighted by atomic mass is 16.5. The van der Waals surface area contributed by atoms with Crippen LogP contribution in [0.15, 0.2) is 72.8 Å². The van der Waals surface area contributed by atoms with E-state index in [0.29, 0.717) is 11.3 Å². The minimum absolute atomic E-state index is 0.0226. The number of hydrogen-bond acceptors (Lipinski definition) is 4. The van der Waals surface area contributed by atoms with E-state index in [1.54, 1.807) is 18.2 Å². The van der Waals surface area contributed by atoms with Crippen molar-refractivity contribution >= 4 is 23.7 Å². The van der Waals surface area contributed by atoms with E-state index in [4.69, 9.17) is 4.74 Å². The fourth-order valence-corrected chi connectivity index (χ4v) is 3.97. The molecule has 34 heavy (non-hydrogen) atoms. The summed E-state index contributed by atoms with van der Waals surface area (Å²) in [5.74, 6) is -1.48. The van der Waals surface area contributed by atoms with Crippen molar-refractivity contribution in [3.63, 3.8) is 0 Å². The zero-order chi connectivity index (χ0) is 24.3. The molecule has 0 aliphatic heterocycles. The molecule has 0 spiro atoms. The van der Waals surface area contributed by atoms with E-state index in [1.807, 2.05) is 24.3 Å². The number of anilines is 1. The zero-order valence-corrected chi connectivity index (χ0v) is 19.0. The van der Waals surface area contributed by atoms with Gasteiger partial charge in [-0.2, -0.15) is 0 Å². The van der Waals surface area contributed by atoms with Crippen molar-refractivity contribution in [2.45, 2.75) is 19.8 Å². The first kappa shape index (κ1) is 23.0. The predicted molar refractivity (Wildman–Crippen MR) is 129 cm³/mol. The Morgan fingerprint density at radius 3 is 2.15 bits per heavy atom. The van der Waals surface area contributed by atoms with Gasteiger partial charge in [-0.15, -0.1) is 0 Å². The molecule has 0 saturated heterocycles. The van der Waals surface area contributed by atoms with Gasteiger partial charge >= 0.3 is 12.1 Å². The number of carbonyl (C=O) groups excluding carboxylic acids is 2. The van der Waals surface area contributed by atoms with Crippen LogP contribution in [-0.4, -0.2) is 36.2 Å². The molecule has 3 aromatic rings. The van der Waals surface area contributed by atoms with Crippen LogP contribution < -0.4 is 10.6 Å². The maximum absolute atomic E-state index is 12.5. The minimum atomic E-state index is -1.09. The summed E-state index contributed by atoms with van der Waals surface area (Å²) < 4.78 is 5.55. The number of carbonyl (C=O) groups is 3. The Labute approximate surface area is 197 Å². The lowest BCUT2D eigenvalue weighted by atomic mass is 9.94. The van der Waals surface area contributed by atoms with Crippen LogP contribution in [0, 0.1) is 5.41 Å². The molecule has 7 heteroatoms. The monoisotopic (exact) mass is 458 g/mol. The summed E-state index contributed by atoms with van der Waals surface area (Å²) in [6, 6.07) is 22.6. The smallest absolute Gasteiger partial charge is 0.411 e. The normalized spacial score (nSPS) is 12.4. The van der Waals surface area contributed by atoms with Crippen molar-refractivity contribution < 1.29 is 24.2 Å². The molecule has 1 aliphatic rings. The van der Waals surface area contributed by atoms with Gasteiger partial charge < -0.3 is 15.2 Å². The molecule has 0 heterocycles. The van der Waals surface area contributed by atoms with Gasteiger partial charge in [0, 0.05) is 23.7 Å². The first-order valence-corrected chi connectivity index (χ1v) is 11.0. The molecule has 0 saturated carbocycles. The van der Waals surface area contributed by atoms with Crippen LogP contribution in [0.25, 0.3) is 11.1 Å². The summed E-state index contributed by atoms with van der Waals surface area (Å²) in [7, 11) is 0. The van der Waals surface area contributed by atoms with Crippen LogP contribution in [0.1, 0.15) is 41.3 Å². The number of hydrogen-bond donors (Lipinski definition) is 3. The van der Waals surface area contributed by atoms with E-state index >= 15 is 0 Å². The van der Waals surface area contributed by atoms with Crippen LogP contribution in [0.2, 0.25) is 0 Å². The van der Waals surface area contributed by atoms with Crippen LogP contribution in [0.5, 0.6) is 0 Å². The van der Waals surface area contributed by atoms with E-state index < -0.39 is 23.4 Å². The Morgan fingerprint density at radius 2 is 1.53 bits per heavy atom. The molecule has 174 valence electrons. The summed E-state index contributed by atoms with van der Waals surface area (Å²) in [5.41, 5.74) is 4.17. The molecule has 1 aliphatic carbocycles. The highest BCUT2D eigenvalue weighted by Crippen LogP contribution is 2.44. The molecule has 4 rings (SSSR count). The van der Waals surface area contributed by atoms with Gasteiger partial charge in [0.25, 0.3) is 5.91 Å². The average molecular weight is 459 g/mol. The zero-order valence-electron chi connectivity index (χ0n) is 19.0. The number of rotatable bonds is 7. The molecule has 7 nitrogen and oxygen atoms in total. The molecule has 3 N–H and O–H groups in total. The Hall–Kier alpha value is -4.13. The molecule has 0 aromatic heterocycles. The highest BCUT2D eigenvalue weighted by Gasteiger charge is 2.29. The largest absolute Gasteiger partial charge is 0.481 e. The molecule has 0 fully saturated rings. The standard InChI is InChI=1S/C27H26N2O5/c1-27(2,25(31)32)16-28-24(30)17-8-7-9-18(14-17)29-26(33)34-15-23-21-12-5-3-10-19(21)20-11-4-6-13-22(20)23/h3-14,23H,15-16H2,1-2H3,(H,28,30)(H,29,33)(H,31,32). The van der Waals surface area contributed by atoms with Crippen LogP contribution >= 0.6 is 0 Å². The summed E-state index contributed by atoms with van der Waals surface area (Å²) in [4.78, 5) is 36.2. The fraction of sp³-hybridized carbons (Fsp3) is 0.222. The average Bonchev–Trinajstić information content (AvgIpc) is 3.15. The Morgan fingerprint density at radius 1 is 0.912 bits per heavy atom. The number of ether oxygens (including phenoxy) is 1. The van der Waals surface area contributed by atoms with Gasteiger partial charge in [0.15, 0.2) is 0 Å². The Bertz CT molecular complexity index is 1210. The van der Waals surface area contributed by atoms with E-state index in [2.05, 4.69) is 34.9 Å². The minimum Gasteiger partial charge on any atom is -0.481 e. The topological polar surface area (TPSA) is 105 Å². The summed E-state index contributed by atoms with van der Waals surface area (Å²) in [6.07, 6.45) is -0.619. The lowest BCUT2D eigenvalue weighted by Crippen LogP contribution is -2.38. The lowest BCUT2D eigenvalue weighted by molar-refractivity contribution is -0.146. The third-order valence-electron chi connectivity index (χ3n) is 5.98. The van der Waals surface area contributed by atoms with Crippen molar-refractivity contribution in [2.24, 2.45) is 5.41 Å². The molecule has 0 bridgehead atoms. The van der Waals surface area contributed by atoms with Gasteiger partial charge in [-0.3, -0.25) is 14.9 Å². The Kier molecular flexibility index (Phi) is 6.36. The van der Waals surface area contributed by atoms with E-state index in [-0.39, 0.29) is 19.1 Å². The van der Waals surface area contributed by atoms with Gasteiger partial charge in [-0.05, 0) is 54.3 Å². The third kappa shape index (κ3) is 4.78. The molecular formula is C27H26N2O5. The van der Waals surface area contributed by atoms with Crippen molar-refractivity contribution in [3.05, 3.63) is 89.5 Å². The molecular weight excluding hydrogens is 432 g/mol. The van der Waals surface area contributed by atoms with Crippen LogP contribution in [0.4, 0.5) is 10.5 Å². The first-order valence-electron chi connectivity index (χ1n) is 11.0. The number of carboxylic acids is 1. The molecule has 2 amide bonds. The quantitative estimate of drug-likeness (QED) is 0.468. The van der Waals surface area contributed by atoms with Gasteiger partial charge in [0.2, 0.25) is 0 Å². The van der Waals surface area contributed by atoms with Gasteiger partial charge in [0.1, 0.15) is 6.61 Å². The second-order valence-electron chi connectivity index (χ2n) is 8.90. The van der Waals surface area contributed by atoms with Crippen molar-refractivity contribution in [2.75, 3.05) is 18.5 Å². The van der Waals surface area contributed by atoms with Crippen LogP contribution in [-0.2, 0) is 9.53 Å². The lowest BCUT2D eigenvalue weighted by Gasteiger charge is -2.19. The second kappa shape index (κ2) is 9.39. The van der Waals surface area contributed by atoms with Gasteiger partial charge in [0.05, 0.1) is 5.41 Å². The molecule has 3 aromatic carbocycles. The number of fused-ring (bicyclic) bond motifs is 3. The Balaban J connectivity index is 1.38. The maximum Gasteiger partial charge on any atom is 0.411 e. The highest BCUT2D eigenvalue weighted by molar-refractivity contribution is 5.96. The predicted octanol–water partition coefficient (Wildman–Crippen LogP) is 4.89. The third-order valence-corrected chi connectivity index (χ3v) is 5.98. The van der Waals surface area contributed by atoms with E-state index in [1.165, 1.54) is 19.9 Å². The van der Waals surface area contributed by atoms with Crippen LogP contribution in [0.3, 0.4) is 0 Å². The van der Waals surface area contributed by atoms with E-state index in [0.717, 1.165) is 22.3 Å². The summed E-state index contributed by atoms with van der Waals surface area (Å²) in [6.45, 7) is 3.23. The second-order valence-corrected chi connectivity index (χ2v) is 8.90. The van der Waals surface area contributed by atoms with Gasteiger partial charge in [-0.1, -0.05) is 54.6 Å². The number of benzene rings is 3. The van der Waals surface area contributed by atoms with Crippen molar-refractivity contribution in [3.8, 4) is 11.1 Å². The molecule has 0 atom stereocenters. The maximum atomic E-state index is 12.5.